The Morgan fingerprint density at radius 2 is 1.82 bits per heavy atom. The van der Waals surface area contributed by atoms with Gasteiger partial charge in [0.15, 0.2) is 11.5 Å². The van der Waals surface area contributed by atoms with E-state index in [1.54, 1.807) is 30.3 Å². The van der Waals surface area contributed by atoms with Crippen molar-refractivity contribution in [2.75, 3.05) is 18.5 Å². The molecule has 144 valence electrons. The van der Waals surface area contributed by atoms with Gasteiger partial charge in [-0.15, -0.1) is 0 Å². The van der Waals surface area contributed by atoms with Gasteiger partial charge in [-0.2, -0.15) is 0 Å². The fourth-order valence-corrected chi connectivity index (χ4v) is 3.10. The van der Waals surface area contributed by atoms with Gasteiger partial charge in [-0.3, -0.25) is 14.4 Å². The molecule has 0 aliphatic carbocycles. The fraction of sp³-hybridized carbons (Fsp3) is 0.250. The van der Waals surface area contributed by atoms with E-state index >= 15 is 0 Å². The smallest absolute Gasteiger partial charge is 0.254 e. The van der Waals surface area contributed by atoms with Gasteiger partial charge in [0.1, 0.15) is 18.8 Å². The summed E-state index contributed by atoms with van der Waals surface area (Å²) in [5, 5.41) is 8.01. The van der Waals surface area contributed by atoms with Gasteiger partial charge < -0.3 is 25.4 Å². The average molecular weight is 381 g/mol. The molecule has 2 aliphatic rings. The van der Waals surface area contributed by atoms with E-state index in [2.05, 4.69) is 16.0 Å². The van der Waals surface area contributed by atoms with Crippen molar-refractivity contribution in [1.29, 1.82) is 0 Å². The van der Waals surface area contributed by atoms with Gasteiger partial charge >= 0.3 is 0 Å². The number of benzene rings is 2. The summed E-state index contributed by atoms with van der Waals surface area (Å²) < 4.78 is 11.4. The first-order chi connectivity index (χ1) is 13.6. The molecule has 0 spiro atoms. The predicted molar refractivity (Wildman–Crippen MR) is 100 cm³/mol. The summed E-state index contributed by atoms with van der Waals surface area (Å²) in [6, 6.07) is 13.1. The van der Waals surface area contributed by atoms with E-state index in [0.29, 0.717) is 29.4 Å². The molecule has 3 N–H and O–H groups in total. The number of carbonyl (C=O) groups excluding carboxylic acids is 3. The molecule has 2 aromatic carbocycles. The van der Waals surface area contributed by atoms with Crippen molar-refractivity contribution in [3.05, 3.63) is 54.1 Å². The van der Waals surface area contributed by atoms with Crippen molar-refractivity contribution in [1.82, 2.24) is 10.6 Å². The number of para-hydroxylation sites is 3. The van der Waals surface area contributed by atoms with Crippen LogP contribution in [0.3, 0.4) is 0 Å². The molecule has 2 aromatic rings. The normalized spacial score (nSPS) is 20.3. The quantitative estimate of drug-likeness (QED) is 0.735. The highest BCUT2D eigenvalue weighted by atomic mass is 16.6. The van der Waals surface area contributed by atoms with Gasteiger partial charge in [-0.05, 0) is 24.3 Å². The molecule has 4 rings (SSSR count). The standard InChI is InChI=1S/C20H19N3O5/c24-18(21-10-12-11-27-16-7-3-4-8-17(16)28-12)9-15-20(26)22-14-6-2-1-5-13(14)19(25)23-15/h1-8,12,15H,9-11H2,(H,21,24)(H,22,26)(H,23,25)/t12-,15+/m0/s1. The summed E-state index contributed by atoms with van der Waals surface area (Å²) >= 11 is 0. The third-order valence-corrected chi connectivity index (χ3v) is 4.54. The highest BCUT2D eigenvalue weighted by Crippen LogP contribution is 2.30. The first kappa shape index (κ1) is 17.8. The minimum absolute atomic E-state index is 0.171. The van der Waals surface area contributed by atoms with Crippen molar-refractivity contribution in [3.8, 4) is 11.5 Å². The highest BCUT2D eigenvalue weighted by Gasteiger charge is 2.30. The highest BCUT2D eigenvalue weighted by molar-refractivity contribution is 6.10. The number of hydrogen-bond acceptors (Lipinski definition) is 5. The molecular weight excluding hydrogens is 362 g/mol. The Hall–Kier alpha value is -3.55. The number of fused-ring (bicyclic) bond motifs is 2. The Bertz CT molecular complexity index is 930. The Morgan fingerprint density at radius 1 is 1.07 bits per heavy atom. The van der Waals surface area contributed by atoms with Crippen molar-refractivity contribution in [2.24, 2.45) is 0 Å². The van der Waals surface area contributed by atoms with Crippen LogP contribution in [0.1, 0.15) is 16.8 Å². The maximum atomic E-state index is 12.4. The fourth-order valence-electron chi connectivity index (χ4n) is 3.10. The van der Waals surface area contributed by atoms with E-state index in [-0.39, 0.29) is 25.0 Å². The topological polar surface area (TPSA) is 106 Å². The monoisotopic (exact) mass is 381 g/mol. The summed E-state index contributed by atoms with van der Waals surface area (Å²) in [7, 11) is 0. The summed E-state index contributed by atoms with van der Waals surface area (Å²) in [6.07, 6.45) is -0.504. The van der Waals surface area contributed by atoms with Crippen LogP contribution in [0.15, 0.2) is 48.5 Å². The molecule has 2 heterocycles. The number of amides is 3. The van der Waals surface area contributed by atoms with Crippen LogP contribution in [0.4, 0.5) is 5.69 Å². The number of rotatable bonds is 4. The number of nitrogens with one attached hydrogen (secondary N) is 3. The molecule has 0 bridgehead atoms. The van der Waals surface area contributed by atoms with Crippen molar-refractivity contribution >= 4 is 23.4 Å². The minimum Gasteiger partial charge on any atom is -0.486 e. The third kappa shape index (κ3) is 3.75. The molecule has 0 radical (unpaired) electrons. The first-order valence-corrected chi connectivity index (χ1v) is 8.96. The molecule has 8 heteroatoms. The second-order valence-corrected chi connectivity index (χ2v) is 6.57. The molecule has 0 fully saturated rings. The number of hydrogen-bond donors (Lipinski definition) is 3. The lowest BCUT2D eigenvalue weighted by atomic mass is 10.1. The molecular formula is C20H19N3O5. The van der Waals surface area contributed by atoms with Crippen LogP contribution in [0.5, 0.6) is 11.5 Å². The van der Waals surface area contributed by atoms with Crippen LogP contribution >= 0.6 is 0 Å². The van der Waals surface area contributed by atoms with Gasteiger partial charge in [0.25, 0.3) is 5.91 Å². The SMILES string of the molecule is O=C(C[C@H]1NC(=O)c2ccccc2NC1=O)NC[C@H]1COc2ccccc2O1. The lowest BCUT2D eigenvalue weighted by Crippen LogP contribution is -2.46. The van der Waals surface area contributed by atoms with E-state index in [9.17, 15) is 14.4 Å². The summed E-state index contributed by atoms with van der Waals surface area (Å²) in [5.41, 5.74) is 0.796. The molecule has 0 unspecified atom stereocenters. The predicted octanol–water partition coefficient (Wildman–Crippen LogP) is 1.08. The van der Waals surface area contributed by atoms with E-state index in [1.165, 1.54) is 0 Å². The summed E-state index contributed by atoms with van der Waals surface area (Å²) in [4.78, 5) is 36.9. The number of ether oxygens (including phenoxy) is 2. The Balaban J connectivity index is 1.32. The molecule has 3 amide bonds. The number of anilines is 1. The molecule has 2 aliphatic heterocycles. The van der Waals surface area contributed by atoms with Crippen molar-refractivity contribution < 1.29 is 23.9 Å². The Morgan fingerprint density at radius 3 is 2.68 bits per heavy atom. The second-order valence-electron chi connectivity index (χ2n) is 6.57. The maximum Gasteiger partial charge on any atom is 0.254 e. The van der Waals surface area contributed by atoms with Crippen LogP contribution in [0.2, 0.25) is 0 Å². The first-order valence-electron chi connectivity index (χ1n) is 8.96. The van der Waals surface area contributed by atoms with Gasteiger partial charge in [0, 0.05) is 0 Å². The Kier molecular flexibility index (Phi) is 4.84. The van der Waals surface area contributed by atoms with Gasteiger partial charge in [-0.1, -0.05) is 24.3 Å². The van der Waals surface area contributed by atoms with E-state index in [4.69, 9.17) is 9.47 Å². The summed E-state index contributed by atoms with van der Waals surface area (Å²) in [5.74, 6) is 0.101. The van der Waals surface area contributed by atoms with Crippen LogP contribution in [0.25, 0.3) is 0 Å². The lowest BCUT2D eigenvalue weighted by molar-refractivity contribution is -0.126. The van der Waals surface area contributed by atoms with Crippen LogP contribution < -0.4 is 25.4 Å². The largest absolute Gasteiger partial charge is 0.486 e. The van der Waals surface area contributed by atoms with Gasteiger partial charge in [0.2, 0.25) is 11.8 Å². The lowest BCUT2D eigenvalue weighted by Gasteiger charge is -2.26. The summed E-state index contributed by atoms with van der Waals surface area (Å²) in [6.45, 7) is 0.545. The Labute approximate surface area is 161 Å². The van der Waals surface area contributed by atoms with Gasteiger partial charge in [-0.25, -0.2) is 0 Å². The molecule has 0 aromatic heterocycles. The average Bonchev–Trinajstić information content (AvgIpc) is 2.82. The molecule has 0 saturated heterocycles. The van der Waals surface area contributed by atoms with Crippen LogP contribution in [0, 0.1) is 0 Å². The number of carbonyl (C=O) groups is 3. The van der Waals surface area contributed by atoms with E-state index in [0.717, 1.165) is 0 Å². The van der Waals surface area contributed by atoms with E-state index < -0.39 is 17.9 Å². The van der Waals surface area contributed by atoms with Crippen LogP contribution in [-0.2, 0) is 9.59 Å². The van der Waals surface area contributed by atoms with Crippen LogP contribution in [-0.4, -0.2) is 43.0 Å². The molecule has 0 saturated carbocycles. The zero-order valence-electron chi connectivity index (χ0n) is 14.9. The zero-order valence-corrected chi connectivity index (χ0v) is 14.9. The molecule has 2 atom stereocenters. The van der Waals surface area contributed by atoms with Crippen molar-refractivity contribution in [2.45, 2.75) is 18.6 Å². The van der Waals surface area contributed by atoms with Crippen molar-refractivity contribution in [3.63, 3.8) is 0 Å². The van der Waals surface area contributed by atoms with E-state index in [1.807, 2.05) is 18.2 Å². The molecule has 28 heavy (non-hydrogen) atoms. The third-order valence-electron chi connectivity index (χ3n) is 4.54. The minimum atomic E-state index is -0.954. The second kappa shape index (κ2) is 7.59. The zero-order chi connectivity index (χ0) is 19.5. The maximum absolute atomic E-state index is 12.4. The molecule has 8 nitrogen and oxygen atoms in total. The van der Waals surface area contributed by atoms with Gasteiger partial charge in [0.05, 0.1) is 24.2 Å².